The molecular weight excluding hydrogens is 198 g/mol. The van der Waals surface area contributed by atoms with Gasteiger partial charge in [-0.25, -0.2) is 0 Å². The lowest BCUT2D eigenvalue weighted by Gasteiger charge is -2.10. The average molecular weight is 213 g/mol. The molecule has 0 spiro atoms. The molecule has 2 aromatic rings. The average Bonchev–Trinajstić information content (AvgIpc) is 2.88. The maximum Gasteiger partial charge on any atom is 0.0969 e. The molecule has 0 saturated carbocycles. The molecule has 1 aromatic carbocycles. The van der Waals surface area contributed by atoms with Crippen molar-refractivity contribution in [1.29, 1.82) is 0 Å². The highest BCUT2D eigenvalue weighted by atomic mass is 15.2. The van der Waals surface area contributed by atoms with Crippen LogP contribution < -0.4 is 0 Å². The van der Waals surface area contributed by atoms with Crippen molar-refractivity contribution in [3.8, 4) is 11.3 Å². The summed E-state index contributed by atoms with van der Waals surface area (Å²) >= 11 is 0. The van der Waals surface area contributed by atoms with Gasteiger partial charge in [-0.2, -0.15) is 5.10 Å². The van der Waals surface area contributed by atoms with E-state index in [4.69, 9.17) is 0 Å². The highest BCUT2D eigenvalue weighted by molar-refractivity contribution is 5.64. The SMILES string of the molecule is CCN1Cc2[nH]nc(-c3ccccc3)c2C1. The van der Waals surface area contributed by atoms with Crippen molar-refractivity contribution in [3.63, 3.8) is 0 Å². The summed E-state index contributed by atoms with van der Waals surface area (Å²) in [5.74, 6) is 0. The van der Waals surface area contributed by atoms with Crippen LogP contribution in [0.3, 0.4) is 0 Å². The summed E-state index contributed by atoms with van der Waals surface area (Å²) in [4.78, 5) is 2.41. The third-order valence-corrected chi connectivity index (χ3v) is 3.21. The van der Waals surface area contributed by atoms with Gasteiger partial charge in [0, 0.05) is 24.2 Å². The van der Waals surface area contributed by atoms with E-state index in [1.54, 1.807) is 0 Å². The van der Waals surface area contributed by atoms with Crippen molar-refractivity contribution < 1.29 is 0 Å². The van der Waals surface area contributed by atoms with E-state index in [1.165, 1.54) is 16.8 Å². The normalized spacial score (nSPS) is 15.3. The number of benzene rings is 1. The third-order valence-electron chi connectivity index (χ3n) is 3.21. The molecule has 0 fully saturated rings. The van der Waals surface area contributed by atoms with E-state index in [0.717, 1.165) is 25.3 Å². The van der Waals surface area contributed by atoms with Gasteiger partial charge in [-0.05, 0) is 6.54 Å². The van der Waals surface area contributed by atoms with Crippen LogP contribution in [-0.2, 0) is 13.1 Å². The number of nitrogens with one attached hydrogen (secondary N) is 1. The molecule has 1 aromatic heterocycles. The van der Waals surface area contributed by atoms with Crippen molar-refractivity contribution in [3.05, 3.63) is 41.6 Å². The van der Waals surface area contributed by atoms with Crippen LogP contribution in [-0.4, -0.2) is 21.6 Å². The molecule has 3 rings (SSSR count). The Hall–Kier alpha value is -1.61. The van der Waals surface area contributed by atoms with Crippen molar-refractivity contribution in [2.75, 3.05) is 6.54 Å². The molecule has 1 aliphatic rings. The van der Waals surface area contributed by atoms with Gasteiger partial charge >= 0.3 is 0 Å². The fraction of sp³-hybridized carbons (Fsp3) is 0.308. The molecular formula is C13H15N3. The van der Waals surface area contributed by atoms with Gasteiger partial charge in [0.2, 0.25) is 0 Å². The Kier molecular flexibility index (Phi) is 2.26. The van der Waals surface area contributed by atoms with Crippen LogP contribution in [0.1, 0.15) is 18.2 Å². The Balaban J connectivity index is 2.00. The standard InChI is InChI=1S/C13H15N3/c1-2-16-8-11-12(9-16)14-15-13(11)10-6-4-3-5-7-10/h3-7H,2,8-9H2,1H3,(H,14,15). The number of hydrogen-bond donors (Lipinski definition) is 1. The number of nitrogens with zero attached hydrogens (tertiary/aromatic N) is 2. The van der Waals surface area contributed by atoms with E-state index in [2.05, 4.69) is 46.3 Å². The zero-order valence-electron chi connectivity index (χ0n) is 9.40. The molecule has 0 aliphatic carbocycles. The lowest BCUT2D eigenvalue weighted by Crippen LogP contribution is -2.15. The van der Waals surface area contributed by atoms with E-state index in [-0.39, 0.29) is 0 Å². The monoisotopic (exact) mass is 213 g/mol. The summed E-state index contributed by atoms with van der Waals surface area (Å²) in [6.07, 6.45) is 0. The highest BCUT2D eigenvalue weighted by Crippen LogP contribution is 2.29. The first kappa shape index (κ1) is 9.60. The zero-order valence-corrected chi connectivity index (χ0v) is 9.40. The van der Waals surface area contributed by atoms with Crippen molar-refractivity contribution in [1.82, 2.24) is 15.1 Å². The summed E-state index contributed by atoms with van der Waals surface area (Å²) in [6, 6.07) is 10.4. The van der Waals surface area contributed by atoms with Crippen LogP contribution in [0, 0.1) is 0 Å². The molecule has 0 radical (unpaired) electrons. The maximum absolute atomic E-state index is 4.43. The fourth-order valence-electron chi connectivity index (χ4n) is 2.26. The largest absolute Gasteiger partial charge is 0.293 e. The number of H-pyrrole nitrogens is 1. The lowest BCUT2D eigenvalue weighted by molar-refractivity contribution is 0.297. The van der Waals surface area contributed by atoms with Gasteiger partial charge in [-0.15, -0.1) is 0 Å². The smallest absolute Gasteiger partial charge is 0.0969 e. The van der Waals surface area contributed by atoms with E-state index < -0.39 is 0 Å². The predicted molar refractivity (Wildman–Crippen MR) is 63.8 cm³/mol. The molecule has 1 N–H and O–H groups in total. The topological polar surface area (TPSA) is 31.9 Å². The van der Waals surface area contributed by atoms with Crippen molar-refractivity contribution in [2.24, 2.45) is 0 Å². The van der Waals surface area contributed by atoms with Gasteiger partial charge in [0.05, 0.1) is 11.4 Å². The summed E-state index contributed by atoms with van der Waals surface area (Å²) in [5, 5.41) is 7.58. The van der Waals surface area contributed by atoms with Gasteiger partial charge in [0.1, 0.15) is 0 Å². The molecule has 0 unspecified atom stereocenters. The molecule has 16 heavy (non-hydrogen) atoms. The number of aromatic amines is 1. The molecule has 0 amide bonds. The second kappa shape index (κ2) is 3.76. The first-order chi connectivity index (χ1) is 7.88. The van der Waals surface area contributed by atoms with Crippen LogP contribution in [0.4, 0.5) is 0 Å². The molecule has 0 saturated heterocycles. The predicted octanol–water partition coefficient (Wildman–Crippen LogP) is 2.41. The van der Waals surface area contributed by atoms with E-state index in [1.807, 2.05) is 6.07 Å². The van der Waals surface area contributed by atoms with Crippen molar-refractivity contribution >= 4 is 0 Å². The van der Waals surface area contributed by atoms with Gasteiger partial charge in [-0.3, -0.25) is 10.00 Å². The van der Waals surface area contributed by atoms with Gasteiger partial charge in [0.15, 0.2) is 0 Å². The van der Waals surface area contributed by atoms with E-state index in [9.17, 15) is 0 Å². The molecule has 0 atom stereocenters. The Morgan fingerprint density at radius 3 is 2.81 bits per heavy atom. The highest BCUT2D eigenvalue weighted by Gasteiger charge is 2.23. The number of hydrogen-bond acceptors (Lipinski definition) is 2. The Morgan fingerprint density at radius 2 is 2.06 bits per heavy atom. The minimum absolute atomic E-state index is 1.01. The molecule has 1 aliphatic heterocycles. The number of fused-ring (bicyclic) bond motifs is 1. The second-order valence-corrected chi connectivity index (χ2v) is 4.20. The first-order valence-electron chi connectivity index (χ1n) is 5.72. The van der Waals surface area contributed by atoms with Crippen LogP contribution >= 0.6 is 0 Å². The van der Waals surface area contributed by atoms with E-state index in [0.29, 0.717) is 0 Å². The van der Waals surface area contributed by atoms with E-state index >= 15 is 0 Å². The molecule has 0 bridgehead atoms. The minimum atomic E-state index is 1.01. The molecule has 2 heterocycles. The minimum Gasteiger partial charge on any atom is -0.293 e. The molecule has 82 valence electrons. The fourth-order valence-corrected chi connectivity index (χ4v) is 2.26. The Morgan fingerprint density at radius 1 is 1.25 bits per heavy atom. The van der Waals surface area contributed by atoms with Crippen LogP contribution in [0.2, 0.25) is 0 Å². The third kappa shape index (κ3) is 1.44. The maximum atomic E-state index is 4.43. The summed E-state index contributed by atoms with van der Waals surface area (Å²) in [5.41, 5.74) is 4.97. The molecule has 3 nitrogen and oxygen atoms in total. The summed E-state index contributed by atoms with van der Waals surface area (Å²) in [6.45, 7) is 5.32. The number of aromatic nitrogens is 2. The number of rotatable bonds is 2. The van der Waals surface area contributed by atoms with Gasteiger partial charge < -0.3 is 0 Å². The Bertz CT molecular complexity index is 487. The summed E-state index contributed by atoms with van der Waals surface area (Å²) < 4.78 is 0. The Labute approximate surface area is 95.1 Å². The zero-order chi connectivity index (χ0) is 11.0. The second-order valence-electron chi connectivity index (χ2n) is 4.20. The summed E-state index contributed by atoms with van der Waals surface area (Å²) in [7, 11) is 0. The first-order valence-corrected chi connectivity index (χ1v) is 5.72. The lowest BCUT2D eigenvalue weighted by atomic mass is 10.1. The van der Waals surface area contributed by atoms with Gasteiger partial charge in [0.25, 0.3) is 0 Å². The quantitative estimate of drug-likeness (QED) is 0.830. The van der Waals surface area contributed by atoms with Crippen molar-refractivity contribution in [2.45, 2.75) is 20.0 Å². The van der Waals surface area contributed by atoms with Crippen LogP contribution in [0.15, 0.2) is 30.3 Å². The van der Waals surface area contributed by atoms with Crippen LogP contribution in [0.25, 0.3) is 11.3 Å². The van der Waals surface area contributed by atoms with Gasteiger partial charge in [-0.1, -0.05) is 37.3 Å². The molecule has 3 heteroatoms. The van der Waals surface area contributed by atoms with Crippen LogP contribution in [0.5, 0.6) is 0 Å².